The number of esters is 1. The molecule has 0 amide bonds. The van der Waals surface area contributed by atoms with Crippen LogP contribution in [0.2, 0.25) is 5.04 Å². The monoisotopic (exact) mass is 570 g/mol. The molecule has 214 valence electrons. The van der Waals surface area contributed by atoms with Crippen LogP contribution in [-0.2, 0) is 26.6 Å². The van der Waals surface area contributed by atoms with Crippen LogP contribution in [-0.4, -0.2) is 44.1 Å². The number of ether oxygens (including phenoxy) is 1. The normalized spacial score (nSPS) is 16.1. The Morgan fingerprint density at radius 2 is 1.50 bits per heavy atom. The SMILES string of the molecule is CC(C)(C)OC(=O)CN1c2ncc(C(F)(F)F)cc2C[C@H]1CO[Si](c1ccccc1)(c1ccccc1)C(C)(C)C. The van der Waals surface area contributed by atoms with Crippen LogP contribution in [0.25, 0.3) is 0 Å². The molecule has 1 atom stereocenters. The first-order valence-electron chi connectivity index (χ1n) is 13.4. The molecule has 2 heterocycles. The molecular formula is C31H37F3N2O3Si. The first kappa shape index (κ1) is 29.8. The highest BCUT2D eigenvalue weighted by Crippen LogP contribution is 2.39. The quantitative estimate of drug-likeness (QED) is 0.268. The predicted octanol–water partition coefficient (Wildman–Crippen LogP) is 5.75. The molecule has 3 aromatic rings. The van der Waals surface area contributed by atoms with Gasteiger partial charge in [0.1, 0.15) is 18.0 Å². The second-order valence-electron chi connectivity index (χ2n) is 12.3. The molecule has 1 aliphatic rings. The Hall–Kier alpha value is -3.17. The maximum absolute atomic E-state index is 13.5. The van der Waals surface area contributed by atoms with Crippen molar-refractivity contribution in [2.75, 3.05) is 18.1 Å². The van der Waals surface area contributed by atoms with Crippen LogP contribution in [0.1, 0.15) is 52.7 Å². The molecule has 1 aliphatic heterocycles. The van der Waals surface area contributed by atoms with Gasteiger partial charge in [0.15, 0.2) is 0 Å². The number of nitrogens with zero attached hydrogens (tertiary/aromatic N) is 2. The number of halogens is 3. The maximum atomic E-state index is 13.5. The zero-order valence-electron chi connectivity index (χ0n) is 23.9. The molecule has 9 heteroatoms. The van der Waals surface area contributed by atoms with Gasteiger partial charge in [-0.05, 0) is 54.2 Å². The molecule has 0 unspecified atom stereocenters. The number of hydrogen-bond donors (Lipinski definition) is 0. The van der Waals surface area contributed by atoms with Crippen molar-refractivity contribution in [1.82, 2.24) is 4.98 Å². The van der Waals surface area contributed by atoms with Gasteiger partial charge < -0.3 is 14.1 Å². The van der Waals surface area contributed by atoms with Crippen molar-refractivity contribution in [3.8, 4) is 0 Å². The first-order valence-corrected chi connectivity index (χ1v) is 15.3. The van der Waals surface area contributed by atoms with Crippen molar-refractivity contribution in [2.45, 2.75) is 70.8 Å². The molecule has 0 aliphatic carbocycles. The summed E-state index contributed by atoms with van der Waals surface area (Å²) in [5.74, 6) is -0.118. The van der Waals surface area contributed by atoms with Gasteiger partial charge in [0.05, 0.1) is 18.2 Å². The van der Waals surface area contributed by atoms with E-state index in [1.54, 1.807) is 25.7 Å². The molecule has 40 heavy (non-hydrogen) atoms. The van der Waals surface area contributed by atoms with Gasteiger partial charge in [0.2, 0.25) is 0 Å². The van der Waals surface area contributed by atoms with Gasteiger partial charge in [-0.2, -0.15) is 13.2 Å². The summed E-state index contributed by atoms with van der Waals surface area (Å²) in [6, 6.07) is 21.0. The Morgan fingerprint density at radius 1 is 0.950 bits per heavy atom. The van der Waals surface area contributed by atoms with E-state index in [1.807, 2.05) is 36.4 Å². The smallest absolute Gasteiger partial charge is 0.417 e. The van der Waals surface area contributed by atoms with E-state index in [2.05, 4.69) is 50.0 Å². The van der Waals surface area contributed by atoms with Gasteiger partial charge in [-0.1, -0.05) is 81.4 Å². The van der Waals surface area contributed by atoms with Gasteiger partial charge in [-0.25, -0.2) is 4.98 Å². The van der Waals surface area contributed by atoms with Gasteiger partial charge in [0.25, 0.3) is 8.32 Å². The second-order valence-corrected chi connectivity index (χ2v) is 16.6. The standard InChI is InChI=1S/C31H37F3N2O3Si/c1-29(2,3)39-27(37)20-36-24(18-22-17-23(31(32,33)34)19-35-28(22)36)21-38-40(30(4,5)6,25-13-9-7-10-14-25)26-15-11-8-12-16-26/h7-17,19,24H,18,20-21H2,1-6H3/t24-/m0/s1. The van der Waals surface area contributed by atoms with Gasteiger partial charge >= 0.3 is 12.1 Å². The number of fused-ring (bicyclic) bond motifs is 1. The van der Waals surface area contributed by atoms with E-state index in [4.69, 9.17) is 9.16 Å². The van der Waals surface area contributed by atoms with Crippen LogP contribution >= 0.6 is 0 Å². The Bertz CT molecular complexity index is 1280. The van der Waals surface area contributed by atoms with Crippen LogP contribution in [0.15, 0.2) is 72.9 Å². The molecule has 0 saturated heterocycles. The van der Waals surface area contributed by atoms with Crippen molar-refractivity contribution in [1.29, 1.82) is 0 Å². The van der Waals surface area contributed by atoms with Gasteiger partial charge in [-0.3, -0.25) is 4.79 Å². The molecule has 0 N–H and O–H groups in total. The van der Waals surface area contributed by atoms with Crippen molar-refractivity contribution in [3.63, 3.8) is 0 Å². The number of pyridine rings is 1. The largest absolute Gasteiger partial charge is 0.459 e. The fourth-order valence-electron chi connectivity index (χ4n) is 5.45. The van der Waals surface area contributed by atoms with Crippen molar-refractivity contribution in [3.05, 3.63) is 84.1 Å². The van der Waals surface area contributed by atoms with E-state index in [-0.39, 0.29) is 24.6 Å². The summed E-state index contributed by atoms with van der Waals surface area (Å²) in [6.45, 7) is 11.9. The number of carbonyl (C=O) groups is 1. The van der Waals surface area contributed by atoms with Crippen molar-refractivity contribution in [2.24, 2.45) is 0 Å². The van der Waals surface area contributed by atoms with E-state index in [0.29, 0.717) is 11.4 Å². The van der Waals surface area contributed by atoms with Crippen molar-refractivity contribution >= 4 is 30.5 Å². The van der Waals surface area contributed by atoms with E-state index in [1.165, 1.54) is 0 Å². The third kappa shape index (κ3) is 6.25. The molecule has 5 nitrogen and oxygen atoms in total. The number of rotatable bonds is 7. The Morgan fingerprint density at radius 3 is 1.98 bits per heavy atom. The zero-order valence-corrected chi connectivity index (χ0v) is 24.9. The lowest BCUT2D eigenvalue weighted by molar-refractivity contribution is -0.153. The van der Waals surface area contributed by atoms with E-state index >= 15 is 0 Å². The molecule has 2 aromatic carbocycles. The fraction of sp³-hybridized carbons (Fsp3) is 0.419. The zero-order chi connectivity index (χ0) is 29.3. The highest BCUT2D eigenvalue weighted by atomic mass is 28.4. The molecule has 0 radical (unpaired) electrons. The second kappa shape index (κ2) is 11.0. The fourth-order valence-corrected chi connectivity index (χ4v) is 10.1. The highest BCUT2D eigenvalue weighted by molar-refractivity contribution is 6.99. The van der Waals surface area contributed by atoms with Crippen LogP contribution < -0.4 is 15.3 Å². The van der Waals surface area contributed by atoms with E-state index in [9.17, 15) is 18.0 Å². The van der Waals surface area contributed by atoms with E-state index in [0.717, 1.165) is 22.6 Å². The topological polar surface area (TPSA) is 51.7 Å². The van der Waals surface area contributed by atoms with Crippen LogP contribution in [0.5, 0.6) is 0 Å². The molecule has 0 saturated carbocycles. The average molecular weight is 571 g/mol. The summed E-state index contributed by atoms with van der Waals surface area (Å²) in [4.78, 5) is 18.8. The summed E-state index contributed by atoms with van der Waals surface area (Å²) in [5.41, 5.74) is -1.07. The summed E-state index contributed by atoms with van der Waals surface area (Å²) in [6.07, 6.45) is -3.42. The number of aromatic nitrogens is 1. The van der Waals surface area contributed by atoms with Crippen molar-refractivity contribution < 1.29 is 27.1 Å². The summed E-state index contributed by atoms with van der Waals surface area (Å²) in [5, 5.41) is 1.92. The minimum Gasteiger partial charge on any atom is -0.459 e. The molecule has 0 spiro atoms. The lowest BCUT2D eigenvalue weighted by atomic mass is 10.1. The average Bonchev–Trinajstić information content (AvgIpc) is 3.19. The Labute approximate surface area is 235 Å². The lowest BCUT2D eigenvalue weighted by Gasteiger charge is -2.44. The van der Waals surface area contributed by atoms with Gasteiger partial charge in [-0.15, -0.1) is 0 Å². The first-order chi connectivity index (χ1) is 18.6. The lowest BCUT2D eigenvalue weighted by Crippen LogP contribution is -2.67. The molecule has 0 fully saturated rings. The summed E-state index contributed by atoms with van der Waals surface area (Å²) in [7, 11) is -2.91. The maximum Gasteiger partial charge on any atom is 0.417 e. The highest BCUT2D eigenvalue weighted by Gasteiger charge is 2.51. The van der Waals surface area contributed by atoms with E-state index < -0.39 is 37.7 Å². The predicted molar refractivity (Wildman–Crippen MR) is 153 cm³/mol. The van der Waals surface area contributed by atoms with Crippen LogP contribution in [0, 0.1) is 0 Å². The molecule has 1 aromatic heterocycles. The third-order valence-electron chi connectivity index (χ3n) is 7.07. The number of benzene rings is 2. The number of anilines is 1. The summed E-state index contributed by atoms with van der Waals surface area (Å²) >= 11 is 0. The van der Waals surface area contributed by atoms with Crippen LogP contribution in [0.4, 0.5) is 19.0 Å². The number of carbonyl (C=O) groups excluding carboxylic acids is 1. The summed E-state index contributed by atoms with van der Waals surface area (Å²) < 4.78 is 53.2. The molecule has 0 bridgehead atoms. The van der Waals surface area contributed by atoms with Crippen LogP contribution in [0.3, 0.4) is 0 Å². The number of hydrogen-bond acceptors (Lipinski definition) is 5. The molecular weight excluding hydrogens is 533 g/mol. The Balaban J connectivity index is 1.73. The number of alkyl halides is 3. The minimum absolute atomic E-state index is 0.141. The Kier molecular flexibility index (Phi) is 8.20. The third-order valence-corrected chi connectivity index (χ3v) is 12.1. The minimum atomic E-state index is -4.51. The molecule has 4 rings (SSSR count). The van der Waals surface area contributed by atoms with Gasteiger partial charge in [0, 0.05) is 6.20 Å².